The largest absolute Gasteiger partial charge is 0.464 e. The smallest absolute Gasteiger partial charge is 0.311 e. The van der Waals surface area contributed by atoms with Gasteiger partial charge in [0.1, 0.15) is 5.58 Å². The Morgan fingerprint density at radius 3 is 2.81 bits per heavy atom. The standard InChI is InChI=1S/C20H19ClN2O4/c1-11-6-7-15-14(10-26-18(15)12(11)2)9-17(24)27-13(3)20(25)23-16-5-4-8-22-19(16)21/h4-8,10,13H,9H2,1-3H3,(H,23,25)/t13-/m0/s1. The average molecular weight is 387 g/mol. The monoisotopic (exact) mass is 386 g/mol. The first kappa shape index (κ1) is 18.9. The van der Waals surface area contributed by atoms with Crippen LogP contribution in [-0.2, 0) is 20.7 Å². The molecule has 1 aromatic carbocycles. The molecule has 140 valence electrons. The Bertz CT molecular complexity index is 1010. The molecule has 1 amide bonds. The fraction of sp³-hybridized carbons (Fsp3) is 0.250. The number of esters is 1. The molecule has 2 heterocycles. The number of fused-ring (bicyclic) bond motifs is 1. The molecule has 0 fully saturated rings. The molecule has 0 radical (unpaired) electrons. The molecule has 7 heteroatoms. The zero-order valence-corrected chi connectivity index (χ0v) is 16.0. The molecule has 0 spiro atoms. The third-order valence-electron chi connectivity index (χ3n) is 4.37. The topological polar surface area (TPSA) is 81.4 Å². The minimum Gasteiger partial charge on any atom is -0.464 e. The van der Waals surface area contributed by atoms with Crippen molar-refractivity contribution in [2.45, 2.75) is 33.3 Å². The van der Waals surface area contributed by atoms with Crippen LogP contribution >= 0.6 is 11.6 Å². The van der Waals surface area contributed by atoms with E-state index < -0.39 is 18.0 Å². The Hall–Kier alpha value is -2.86. The number of furan rings is 1. The molecule has 3 aromatic rings. The Labute approximate surface area is 161 Å². The van der Waals surface area contributed by atoms with Crippen molar-refractivity contribution in [2.24, 2.45) is 0 Å². The molecule has 0 aliphatic heterocycles. The van der Waals surface area contributed by atoms with Gasteiger partial charge in [-0.3, -0.25) is 9.59 Å². The fourth-order valence-corrected chi connectivity index (χ4v) is 2.85. The van der Waals surface area contributed by atoms with Gasteiger partial charge in [-0.2, -0.15) is 0 Å². The first-order valence-corrected chi connectivity index (χ1v) is 8.81. The maximum Gasteiger partial charge on any atom is 0.311 e. The van der Waals surface area contributed by atoms with Crippen LogP contribution in [0.5, 0.6) is 0 Å². The fourth-order valence-electron chi connectivity index (χ4n) is 2.69. The van der Waals surface area contributed by atoms with Gasteiger partial charge in [-0.25, -0.2) is 4.98 Å². The highest BCUT2D eigenvalue weighted by Crippen LogP contribution is 2.27. The van der Waals surface area contributed by atoms with E-state index in [1.54, 1.807) is 18.4 Å². The average Bonchev–Trinajstić information content (AvgIpc) is 3.03. The summed E-state index contributed by atoms with van der Waals surface area (Å²) in [7, 11) is 0. The number of aryl methyl sites for hydroxylation is 2. The van der Waals surface area contributed by atoms with E-state index in [9.17, 15) is 9.59 Å². The second kappa shape index (κ2) is 7.80. The van der Waals surface area contributed by atoms with Crippen LogP contribution in [0.3, 0.4) is 0 Å². The quantitative estimate of drug-likeness (QED) is 0.524. The van der Waals surface area contributed by atoms with Crippen molar-refractivity contribution in [3.05, 3.63) is 58.6 Å². The summed E-state index contributed by atoms with van der Waals surface area (Å²) in [5.74, 6) is -1.00. The van der Waals surface area contributed by atoms with E-state index in [0.29, 0.717) is 5.69 Å². The Morgan fingerprint density at radius 2 is 2.07 bits per heavy atom. The Balaban J connectivity index is 1.64. The number of carbonyl (C=O) groups is 2. The number of nitrogens with one attached hydrogen (secondary N) is 1. The van der Waals surface area contributed by atoms with Crippen molar-refractivity contribution in [3.63, 3.8) is 0 Å². The molecule has 27 heavy (non-hydrogen) atoms. The number of carbonyl (C=O) groups excluding carboxylic acids is 2. The van der Waals surface area contributed by atoms with Crippen LogP contribution in [0.15, 0.2) is 41.1 Å². The summed E-state index contributed by atoms with van der Waals surface area (Å²) in [6.45, 7) is 5.47. The summed E-state index contributed by atoms with van der Waals surface area (Å²) in [4.78, 5) is 28.3. The van der Waals surface area contributed by atoms with Crippen LogP contribution in [0, 0.1) is 13.8 Å². The van der Waals surface area contributed by atoms with Crippen LogP contribution in [0.2, 0.25) is 5.15 Å². The molecular formula is C20H19ClN2O4. The number of anilines is 1. The number of benzene rings is 1. The van der Waals surface area contributed by atoms with Crippen molar-refractivity contribution in [2.75, 3.05) is 5.32 Å². The van der Waals surface area contributed by atoms with Gasteiger partial charge in [0.25, 0.3) is 5.91 Å². The second-order valence-electron chi connectivity index (χ2n) is 6.28. The Kier molecular flexibility index (Phi) is 5.46. The number of halogens is 1. The summed E-state index contributed by atoms with van der Waals surface area (Å²) in [6, 6.07) is 7.16. The first-order chi connectivity index (χ1) is 12.9. The van der Waals surface area contributed by atoms with E-state index in [4.69, 9.17) is 20.8 Å². The highest BCUT2D eigenvalue weighted by molar-refractivity contribution is 6.32. The van der Waals surface area contributed by atoms with E-state index in [1.165, 1.54) is 13.1 Å². The van der Waals surface area contributed by atoms with E-state index in [1.807, 2.05) is 26.0 Å². The zero-order valence-electron chi connectivity index (χ0n) is 15.2. The molecule has 0 unspecified atom stereocenters. The van der Waals surface area contributed by atoms with E-state index in [-0.39, 0.29) is 11.6 Å². The SMILES string of the molecule is Cc1ccc2c(CC(=O)O[C@@H](C)C(=O)Nc3cccnc3Cl)coc2c1C. The van der Waals surface area contributed by atoms with Gasteiger partial charge in [-0.1, -0.05) is 23.7 Å². The lowest BCUT2D eigenvalue weighted by Crippen LogP contribution is -2.30. The van der Waals surface area contributed by atoms with E-state index >= 15 is 0 Å². The molecule has 0 bridgehead atoms. The number of hydrogen-bond donors (Lipinski definition) is 1. The van der Waals surface area contributed by atoms with Crippen LogP contribution in [0.25, 0.3) is 11.0 Å². The number of rotatable bonds is 5. The van der Waals surface area contributed by atoms with Crippen molar-refractivity contribution in [1.82, 2.24) is 4.98 Å². The van der Waals surface area contributed by atoms with Gasteiger partial charge in [0.2, 0.25) is 0 Å². The third-order valence-corrected chi connectivity index (χ3v) is 4.67. The van der Waals surface area contributed by atoms with Crippen LogP contribution in [0.1, 0.15) is 23.6 Å². The predicted octanol–water partition coefficient (Wildman–Crippen LogP) is 4.21. The maximum atomic E-state index is 12.3. The van der Waals surface area contributed by atoms with E-state index in [2.05, 4.69) is 10.3 Å². The molecule has 1 atom stereocenters. The first-order valence-electron chi connectivity index (χ1n) is 8.44. The van der Waals surface area contributed by atoms with Crippen LogP contribution < -0.4 is 5.32 Å². The maximum absolute atomic E-state index is 12.3. The van der Waals surface area contributed by atoms with Crippen LogP contribution in [-0.4, -0.2) is 23.0 Å². The molecule has 3 rings (SSSR count). The van der Waals surface area contributed by atoms with Crippen LogP contribution in [0.4, 0.5) is 5.69 Å². The summed E-state index contributed by atoms with van der Waals surface area (Å²) >= 11 is 5.91. The molecule has 0 aliphatic rings. The molecule has 1 N–H and O–H groups in total. The molecule has 0 aliphatic carbocycles. The summed E-state index contributed by atoms with van der Waals surface area (Å²) < 4.78 is 10.8. The summed E-state index contributed by atoms with van der Waals surface area (Å²) in [6.07, 6.45) is 2.11. The number of aromatic nitrogens is 1. The predicted molar refractivity (Wildman–Crippen MR) is 103 cm³/mol. The minimum atomic E-state index is -0.976. The summed E-state index contributed by atoms with van der Waals surface area (Å²) in [5.41, 5.74) is 3.99. The van der Waals surface area contributed by atoms with Gasteiger partial charge in [0.05, 0.1) is 18.4 Å². The highest BCUT2D eigenvalue weighted by atomic mass is 35.5. The van der Waals surface area contributed by atoms with Crippen molar-refractivity contribution < 1.29 is 18.7 Å². The lowest BCUT2D eigenvalue weighted by Gasteiger charge is -2.13. The summed E-state index contributed by atoms with van der Waals surface area (Å²) in [5, 5.41) is 3.62. The second-order valence-corrected chi connectivity index (χ2v) is 6.64. The molecule has 0 saturated heterocycles. The van der Waals surface area contributed by atoms with Crippen molar-refractivity contribution >= 4 is 40.1 Å². The number of hydrogen-bond acceptors (Lipinski definition) is 5. The lowest BCUT2D eigenvalue weighted by molar-refractivity contribution is -0.152. The highest BCUT2D eigenvalue weighted by Gasteiger charge is 2.20. The normalized spacial score (nSPS) is 12.0. The van der Waals surface area contributed by atoms with Crippen molar-refractivity contribution in [1.29, 1.82) is 0 Å². The van der Waals surface area contributed by atoms with Gasteiger partial charge in [-0.15, -0.1) is 0 Å². The van der Waals surface area contributed by atoms with Crippen molar-refractivity contribution in [3.8, 4) is 0 Å². The van der Waals surface area contributed by atoms with Gasteiger partial charge in [0.15, 0.2) is 11.3 Å². The molecule has 2 aromatic heterocycles. The number of pyridine rings is 1. The Morgan fingerprint density at radius 1 is 1.30 bits per heavy atom. The minimum absolute atomic E-state index is 0.0147. The number of nitrogens with zero attached hydrogens (tertiary/aromatic N) is 1. The van der Waals surface area contributed by atoms with Gasteiger partial charge < -0.3 is 14.5 Å². The molecule has 6 nitrogen and oxygen atoms in total. The zero-order chi connectivity index (χ0) is 19.6. The number of ether oxygens (including phenoxy) is 1. The lowest BCUT2D eigenvalue weighted by atomic mass is 10.0. The van der Waals surface area contributed by atoms with E-state index in [0.717, 1.165) is 27.7 Å². The van der Waals surface area contributed by atoms with Gasteiger partial charge >= 0.3 is 5.97 Å². The van der Waals surface area contributed by atoms with Gasteiger partial charge in [0, 0.05) is 17.1 Å². The third kappa shape index (κ3) is 4.11. The van der Waals surface area contributed by atoms with Gasteiger partial charge in [-0.05, 0) is 44.0 Å². The molecular weight excluding hydrogens is 368 g/mol. The molecule has 0 saturated carbocycles. The number of amides is 1.